The second kappa shape index (κ2) is 6.61. The minimum absolute atomic E-state index is 0.273. The highest BCUT2D eigenvalue weighted by Crippen LogP contribution is 2.37. The first-order valence-electron chi connectivity index (χ1n) is 6.60. The van der Waals surface area contributed by atoms with Crippen molar-refractivity contribution in [3.05, 3.63) is 47.7 Å². The monoisotopic (exact) mass is 365 g/mol. The van der Waals surface area contributed by atoms with Crippen molar-refractivity contribution in [2.75, 3.05) is 0 Å². The Balaban J connectivity index is 2.61. The van der Waals surface area contributed by atoms with Crippen LogP contribution in [0.3, 0.4) is 0 Å². The first-order chi connectivity index (χ1) is 11.5. The van der Waals surface area contributed by atoms with Crippen molar-refractivity contribution in [2.45, 2.75) is 19.0 Å². The van der Waals surface area contributed by atoms with E-state index in [0.717, 1.165) is 12.1 Å². The summed E-state index contributed by atoms with van der Waals surface area (Å²) >= 11 is 0. The fourth-order valence-electron chi connectivity index (χ4n) is 2.08. The van der Waals surface area contributed by atoms with E-state index in [-0.39, 0.29) is 16.8 Å². The zero-order valence-electron chi connectivity index (χ0n) is 12.1. The van der Waals surface area contributed by atoms with Gasteiger partial charge in [-0.05, 0) is 23.8 Å². The summed E-state index contributed by atoms with van der Waals surface area (Å²) in [5.74, 6) is -2.16. The lowest BCUT2D eigenvalue weighted by Gasteiger charge is -2.16. The molecule has 0 unspecified atom stereocenters. The van der Waals surface area contributed by atoms with Gasteiger partial charge >= 0.3 is 18.5 Å². The first-order valence-corrected chi connectivity index (χ1v) is 6.60. The standard InChI is InChI=1S/C15H9F6NO3/c16-14(17,18)9-5-8(6-12(23)24)13(22-7-9)10-3-1-2-4-11(10)25-15(19,20)21/h1-5,7H,6H2,(H,23,24). The summed E-state index contributed by atoms with van der Waals surface area (Å²) in [4.78, 5) is 14.4. The number of benzene rings is 1. The molecule has 25 heavy (non-hydrogen) atoms. The van der Waals surface area contributed by atoms with Gasteiger partial charge in [-0.2, -0.15) is 13.2 Å². The molecule has 2 aromatic rings. The molecule has 1 N–H and O–H groups in total. The maximum atomic E-state index is 12.8. The van der Waals surface area contributed by atoms with Gasteiger partial charge in [-0.25, -0.2) is 0 Å². The number of alkyl halides is 6. The van der Waals surface area contributed by atoms with E-state index < -0.39 is 36.2 Å². The summed E-state index contributed by atoms with van der Waals surface area (Å²) in [5, 5.41) is 8.87. The Hall–Kier alpha value is -2.78. The highest BCUT2D eigenvalue weighted by atomic mass is 19.4. The molecule has 2 rings (SSSR count). The van der Waals surface area contributed by atoms with Crippen LogP contribution in [0.5, 0.6) is 5.75 Å². The van der Waals surface area contributed by atoms with E-state index in [9.17, 15) is 31.1 Å². The average Bonchev–Trinajstić information content (AvgIpc) is 2.45. The van der Waals surface area contributed by atoms with Crippen LogP contribution < -0.4 is 4.74 Å². The molecule has 0 atom stereocenters. The molecule has 0 spiro atoms. The topological polar surface area (TPSA) is 59.4 Å². The molecule has 0 bridgehead atoms. The molecule has 10 heteroatoms. The molecule has 0 fully saturated rings. The number of pyridine rings is 1. The quantitative estimate of drug-likeness (QED) is 0.821. The molecule has 0 radical (unpaired) electrons. The molecule has 0 aliphatic heterocycles. The number of rotatable bonds is 4. The molecule has 1 heterocycles. The Labute approximate surface area is 136 Å². The molecular formula is C15H9F6NO3. The van der Waals surface area contributed by atoms with Crippen molar-refractivity contribution in [3.8, 4) is 17.0 Å². The van der Waals surface area contributed by atoms with Crippen LogP contribution in [0.2, 0.25) is 0 Å². The van der Waals surface area contributed by atoms with Gasteiger partial charge in [-0.3, -0.25) is 9.78 Å². The SMILES string of the molecule is O=C(O)Cc1cc(C(F)(F)F)cnc1-c1ccccc1OC(F)(F)F. The highest BCUT2D eigenvalue weighted by Gasteiger charge is 2.34. The third kappa shape index (κ3) is 4.85. The number of ether oxygens (including phenoxy) is 1. The van der Waals surface area contributed by atoms with E-state index in [1.807, 2.05) is 0 Å². The van der Waals surface area contributed by atoms with Crippen molar-refractivity contribution < 1.29 is 41.0 Å². The number of halogens is 6. The van der Waals surface area contributed by atoms with Gasteiger partial charge in [0, 0.05) is 11.8 Å². The molecule has 134 valence electrons. The minimum Gasteiger partial charge on any atom is -0.481 e. The summed E-state index contributed by atoms with van der Waals surface area (Å²) in [5.41, 5.74) is -2.21. The van der Waals surface area contributed by atoms with Crippen molar-refractivity contribution >= 4 is 5.97 Å². The van der Waals surface area contributed by atoms with Gasteiger partial charge in [0.25, 0.3) is 0 Å². The molecule has 1 aromatic carbocycles. The fourth-order valence-corrected chi connectivity index (χ4v) is 2.08. The predicted molar refractivity (Wildman–Crippen MR) is 72.7 cm³/mol. The molecule has 0 aliphatic rings. The molecule has 0 amide bonds. The Kier molecular flexibility index (Phi) is 4.91. The van der Waals surface area contributed by atoms with Crippen LogP contribution in [0.25, 0.3) is 11.3 Å². The second-order valence-corrected chi connectivity index (χ2v) is 4.84. The Morgan fingerprint density at radius 3 is 2.32 bits per heavy atom. The Morgan fingerprint density at radius 2 is 1.76 bits per heavy atom. The second-order valence-electron chi connectivity index (χ2n) is 4.84. The lowest BCUT2D eigenvalue weighted by Crippen LogP contribution is -2.18. The summed E-state index contributed by atoms with van der Waals surface area (Å²) in [6, 6.07) is 5.18. The normalized spacial score (nSPS) is 12.1. The fraction of sp³-hybridized carbons (Fsp3) is 0.200. The van der Waals surface area contributed by atoms with Gasteiger partial charge in [-0.1, -0.05) is 12.1 Å². The van der Waals surface area contributed by atoms with E-state index in [0.29, 0.717) is 12.3 Å². The van der Waals surface area contributed by atoms with Crippen molar-refractivity contribution in [2.24, 2.45) is 0 Å². The number of hydrogen-bond donors (Lipinski definition) is 1. The highest BCUT2D eigenvalue weighted by molar-refractivity contribution is 5.77. The lowest BCUT2D eigenvalue weighted by molar-refractivity contribution is -0.274. The zero-order valence-corrected chi connectivity index (χ0v) is 12.1. The number of nitrogens with zero attached hydrogens (tertiary/aromatic N) is 1. The van der Waals surface area contributed by atoms with Crippen molar-refractivity contribution in [1.82, 2.24) is 4.98 Å². The zero-order chi connectivity index (χ0) is 18.8. The predicted octanol–water partition coefficient (Wildman–Crippen LogP) is 4.29. The van der Waals surface area contributed by atoms with Gasteiger partial charge in [0.2, 0.25) is 0 Å². The summed E-state index contributed by atoms with van der Waals surface area (Å²) < 4.78 is 79.6. The molecule has 1 aromatic heterocycles. The molecular weight excluding hydrogens is 356 g/mol. The van der Waals surface area contributed by atoms with Gasteiger partial charge in [0.05, 0.1) is 17.7 Å². The van der Waals surface area contributed by atoms with Crippen LogP contribution in [-0.2, 0) is 17.4 Å². The lowest BCUT2D eigenvalue weighted by atomic mass is 10.0. The number of carbonyl (C=O) groups is 1. The van der Waals surface area contributed by atoms with Crippen LogP contribution in [0, 0.1) is 0 Å². The first kappa shape index (κ1) is 18.6. The maximum absolute atomic E-state index is 12.8. The van der Waals surface area contributed by atoms with Gasteiger partial charge < -0.3 is 9.84 Å². The number of aromatic nitrogens is 1. The van der Waals surface area contributed by atoms with Crippen LogP contribution in [0.4, 0.5) is 26.3 Å². The molecule has 4 nitrogen and oxygen atoms in total. The average molecular weight is 365 g/mol. The summed E-state index contributed by atoms with van der Waals surface area (Å²) in [6.07, 6.45) is -10.2. The number of para-hydroxylation sites is 1. The van der Waals surface area contributed by atoms with Gasteiger partial charge in [-0.15, -0.1) is 13.2 Å². The number of carboxylic acid groups (broad SMARTS) is 1. The maximum Gasteiger partial charge on any atom is 0.573 e. The van der Waals surface area contributed by atoms with Crippen LogP contribution in [-0.4, -0.2) is 22.4 Å². The Bertz CT molecular complexity index is 786. The smallest absolute Gasteiger partial charge is 0.481 e. The van der Waals surface area contributed by atoms with Crippen molar-refractivity contribution in [1.29, 1.82) is 0 Å². The number of carboxylic acids is 1. The van der Waals surface area contributed by atoms with E-state index in [4.69, 9.17) is 5.11 Å². The van der Waals surface area contributed by atoms with E-state index in [1.165, 1.54) is 12.1 Å². The molecule has 0 aliphatic carbocycles. The summed E-state index contributed by atoms with van der Waals surface area (Å²) in [6.45, 7) is 0. The number of hydrogen-bond acceptors (Lipinski definition) is 3. The van der Waals surface area contributed by atoms with Crippen LogP contribution in [0.1, 0.15) is 11.1 Å². The van der Waals surface area contributed by atoms with E-state index in [2.05, 4.69) is 9.72 Å². The van der Waals surface area contributed by atoms with E-state index >= 15 is 0 Å². The summed E-state index contributed by atoms with van der Waals surface area (Å²) in [7, 11) is 0. The minimum atomic E-state index is -5.03. The largest absolute Gasteiger partial charge is 0.573 e. The Morgan fingerprint density at radius 1 is 1.12 bits per heavy atom. The van der Waals surface area contributed by atoms with Gasteiger partial charge in [0.15, 0.2) is 0 Å². The number of aliphatic carboxylic acids is 1. The third-order valence-electron chi connectivity index (χ3n) is 3.00. The van der Waals surface area contributed by atoms with Crippen LogP contribution >= 0.6 is 0 Å². The molecule has 0 saturated carbocycles. The van der Waals surface area contributed by atoms with Crippen molar-refractivity contribution in [3.63, 3.8) is 0 Å². The molecule has 0 saturated heterocycles. The van der Waals surface area contributed by atoms with Crippen LogP contribution in [0.15, 0.2) is 36.5 Å². The third-order valence-corrected chi connectivity index (χ3v) is 3.00. The van der Waals surface area contributed by atoms with E-state index in [1.54, 1.807) is 0 Å². The van der Waals surface area contributed by atoms with Gasteiger partial charge in [0.1, 0.15) is 5.75 Å².